The van der Waals surface area contributed by atoms with Gasteiger partial charge in [-0.05, 0) is 25.8 Å². The van der Waals surface area contributed by atoms with Crippen LogP contribution in [0.25, 0.3) is 10.9 Å². The van der Waals surface area contributed by atoms with Gasteiger partial charge in [0.05, 0.1) is 18.0 Å². The van der Waals surface area contributed by atoms with Crippen molar-refractivity contribution in [2.75, 3.05) is 26.7 Å². The number of likely N-dealkylation sites (N-methyl/N-ethyl adjacent to an activating group) is 1. The number of hydrogen-bond acceptors (Lipinski definition) is 3. The Hall–Kier alpha value is -2.83. The lowest BCUT2D eigenvalue weighted by atomic mass is 9.98. The second-order valence-electron chi connectivity index (χ2n) is 6.85. The summed E-state index contributed by atoms with van der Waals surface area (Å²) < 4.78 is 0. The number of aliphatic carboxylic acids is 1. The lowest BCUT2D eigenvalue weighted by molar-refractivity contribution is -0.145. The van der Waals surface area contributed by atoms with Crippen molar-refractivity contribution in [2.24, 2.45) is 5.92 Å². The Labute approximate surface area is 151 Å². The largest absolute Gasteiger partial charge is 0.481 e. The number of piperidine rings is 1. The van der Waals surface area contributed by atoms with Crippen LogP contribution in [0.5, 0.6) is 0 Å². The number of likely N-dealkylation sites (tertiary alicyclic amines) is 1. The van der Waals surface area contributed by atoms with Crippen molar-refractivity contribution in [1.82, 2.24) is 14.8 Å². The molecule has 1 fully saturated rings. The van der Waals surface area contributed by atoms with Gasteiger partial charge in [0, 0.05) is 36.7 Å². The Kier molecular flexibility index (Phi) is 4.97. The van der Waals surface area contributed by atoms with Crippen molar-refractivity contribution in [3.8, 4) is 0 Å². The molecule has 1 aromatic carbocycles. The Morgan fingerprint density at radius 3 is 2.77 bits per heavy atom. The third-order valence-corrected chi connectivity index (χ3v) is 4.95. The minimum absolute atomic E-state index is 0.0654. The van der Waals surface area contributed by atoms with Crippen LogP contribution >= 0.6 is 0 Å². The zero-order valence-electron chi connectivity index (χ0n) is 15.0. The molecule has 1 saturated heterocycles. The normalized spacial score (nSPS) is 17.3. The first-order valence-corrected chi connectivity index (χ1v) is 8.72. The van der Waals surface area contributed by atoms with Crippen LogP contribution in [0.1, 0.15) is 28.9 Å². The number of H-pyrrole nitrogens is 1. The highest BCUT2D eigenvalue weighted by molar-refractivity contribution is 6.08. The Morgan fingerprint density at radius 1 is 1.31 bits per heavy atom. The summed E-state index contributed by atoms with van der Waals surface area (Å²) in [6, 6.07) is 7.56. The second-order valence-corrected chi connectivity index (χ2v) is 6.85. The molecule has 138 valence electrons. The second kappa shape index (κ2) is 7.19. The van der Waals surface area contributed by atoms with Gasteiger partial charge in [-0.2, -0.15) is 0 Å². The smallest absolute Gasteiger partial charge is 0.308 e. The highest BCUT2D eigenvalue weighted by atomic mass is 16.4. The number of aromatic nitrogens is 1. The number of nitrogens with one attached hydrogen (secondary N) is 1. The van der Waals surface area contributed by atoms with Gasteiger partial charge in [0.25, 0.3) is 5.91 Å². The maximum Gasteiger partial charge on any atom is 0.308 e. The molecule has 7 heteroatoms. The molecule has 0 spiro atoms. The Balaban J connectivity index is 1.72. The topological polar surface area (TPSA) is 93.7 Å². The third-order valence-electron chi connectivity index (χ3n) is 4.95. The molecule has 0 bridgehead atoms. The zero-order chi connectivity index (χ0) is 18.8. The summed E-state index contributed by atoms with van der Waals surface area (Å²) in [6.07, 6.45) is 1.25. The molecule has 2 amide bonds. The average Bonchev–Trinajstić information content (AvgIpc) is 2.96. The first-order valence-electron chi connectivity index (χ1n) is 8.72. The van der Waals surface area contributed by atoms with Gasteiger partial charge >= 0.3 is 5.97 Å². The van der Waals surface area contributed by atoms with Crippen LogP contribution in [0.3, 0.4) is 0 Å². The van der Waals surface area contributed by atoms with Gasteiger partial charge in [0.15, 0.2) is 0 Å². The fourth-order valence-corrected chi connectivity index (χ4v) is 3.52. The standard InChI is InChI=1S/C19H23N3O4/c1-12-17(14-7-3-4-8-15(14)20-12)18(24)21(2)11-16(23)22-9-5-6-13(10-22)19(25)26/h3-4,7-8,13,20H,5-6,9-11H2,1-2H3,(H,25,26). The predicted molar refractivity (Wildman–Crippen MR) is 96.9 cm³/mol. The molecular weight excluding hydrogens is 334 g/mol. The fraction of sp³-hybridized carbons (Fsp3) is 0.421. The number of aryl methyl sites for hydroxylation is 1. The van der Waals surface area contributed by atoms with Crippen molar-refractivity contribution in [2.45, 2.75) is 19.8 Å². The van der Waals surface area contributed by atoms with E-state index in [9.17, 15) is 14.4 Å². The monoisotopic (exact) mass is 357 g/mol. The molecule has 1 aliphatic heterocycles. The van der Waals surface area contributed by atoms with Gasteiger partial charge in [0.1, 0.15) is 0 Å². The Morgan fingerprint density at radius 2 is 2.04 bits per heavy atom. The molecular formula is C19H23N3O4. The molecule has 2 N–H and O–H groups in total. The number of amides is 2. The summed E-state index contributed by atoms with van der Waals surface area (Å²) in [7, 11) is 1.60. The lowest BCUT2D eigenvalue weighted by Gasteiger charge is -2.32. The minimum atomic E-state index is -0.874. The summed E-state index contributed by atoms with van der Waals surface area (Å²) in [5.74, 6) is -1.84. The third kappa shape index (κ3) is 3.42. The molecule has 26 heavy (non-hydrogen) atoms. The highest BCUT2D eigenvalue weighted by Crippen LogP contribution is 2.23. The molecule has 1 aliphatic rings. The number of hydrogen-bond donors (Lipinski definition) is 2. The van der Waals surface area contributed by atoms with E-state index in [-0.39, 0.29) is 24.9 Å². The van der Waals surface area contributed by atoms with Crippen LogP contribution in [0, 0.1) is 12.8 Å². The summed E-state index contributed by atoms with van der Waals surface area (Å²) in [5, 5.41) is 9.99. The molecule has 1 aromatic heterocycles. The molecule has 3 rings (SSSR count). The van der Waals surface area contributed by atoms with E-state index in [0.29, 0.717) is 24.9 Å². The quantitative estimate of drug-likeness (QED) is 0.873. The number of benzene rings is 1. The van der Waals surface area contributed by atoms with Crippen molar-refractivity contribution < 1.29 is 19.5 Å². The molecule has 2 aromatic rings. The van der Waals surface area contributed by atoms with Gasteiger partial charge in [-0.3, -0.25) is 14.4 Å². The number of rotatable bonds is 4. The number of carbonyl (C=O) groups excluding carboxylic acids is 2. The number of fused-ring (bicyclic) bond motifs is 1. The van der Waals surface area contributed by atoms with Crippen molar-refractivity contribution >= 4 is 28.7 Å². The van der Waals surface area contributed by atoms with Crippen LogP contribution < -0.4 is 0 Å². The molecule has 1 unspecified atom stereocenters. The summed E-state index contributed by atoms with van der Waals surface area (Å²) in [4.78, 5) is 42.7. The van der Waals surface area contributed by atoms with E-state index in [2.05, 4.69) is 4.98 Å². The maximum absolute atomic E-state index is 12.9. The molecule has 0 radical (unpaired) electrons. The van der Waals surface area contributed by atoms with Gasteiger partial charge in [-0.25, -0.2) is 0 Å². The first-order chi connectivity index (χ1) is 12.4. The van der Waals surface area contributed by atoms with Crippen LogP contribution in [-0.2, 0) is 9.59 Å². The van der Waals surface area contributed by atoms with E-state index in [1.165, 1.54) is 4.90 Å². The lowest BCUT2D eigenvalue weighted by Crippen LogP contribution is -2.47. The molecule has 0 saturated carbocycles. The molecule has 0 aliphatic carbocycles. The van der Waals surface area contributed by atoms with Crippen LogP contribution in [0.4, 0.5) is 0 Å². The number of carbonyl (C=O) groups is 3. The fourth-order valence-electron chi connectivity index (χ4n) is 3.52. The van der Waals surface area contributed by atoms with Gasteiger partial charge in [-0.15, -0.1) is 0 Å². The number of para-hydroxylation sites is 1. The Bertz CT molecular complexity index is 858. The summed E-state index contributed by atoms with van der Waals surface area (Å²) in [5.41, 5.74) is 2.21. The van der Waals surface area contributed by atoms with E-state index in [4.69, 9.17) is 5.11 Å². The summed E-state index contributed by atoms with van der Waals surface area (Å²) >= 11 is 0. The molecule has 2 heterocycles. The molecule has 1 atom stereocenters. The van der Waals surface area contributed by atoms with E-state index < -0.39 is 11.9 Å². The van der Waals surface area contributed by atoms with Crippen LogP contribution in [-0.4, -0.2) is 64.4 Å². The maximum atomic E-state index is 12.9. The first kappa shape index (κ1) is 18.0. The highest BCUT2D eigenvalue weighted by Gasteiger charge is 2.29. The van der Waals surface area contributed by atoms with E-state index in [1.807, 2.05) is 31.2 Å². The van der Waals surface area contributed by atoms with Crippen molar-refractivity contribution in [3.63, 3.8) is 0 Å². The number of aromatic amines is 1. The average molecular weight is 357 g/mol. The van der Waals surface area contributed by atoms with Crippen LogP contribution in [0.2, 0.25) is 0 Å². The van der Waals surface area contributed by atoms with E-state index in [1.54, 1.807) is 11.9 Å². The SMILES string of the molecule is Cc1[nH]c2ccccc2c1C(=O)N(C)CC(=O)N1CCCC(C(=O)O)C1. The number of carboxylic acids is 1. The van der Waals surface area contributed by atoms with Gasteiger partial charge < -0.3 is 19.9 Å². The zero-order valence-corrected chi connectivity index (χ0v) is 15.0. The van der Waals surface area contributed by atoms with Crippen molar-refractivity contribution in [3.05, 3.63) is 35.5 Å². The number of carboxylic acid groups (broad SMARTS) is 1. The van der Waals surface area contributed by atoms with Crippen molar-refractivity contribution in [1.29, 1.82) is 0 Å². The van der Waals surface area contributed by atoms with E-state index in [0.717, 1.165) is 16.6 Å². The van der Waals surface area contributed by atoms with Crippen LogP contribution in [0.15, 0.2) is 24.3 Å². The minimum Gasteiger partial charge on any atom is -0.481 e. The van der Waals surface area contributed by atoms with E-state index >= 15 is 0 Å². The summed E-state index contributed by atoms with van der Waals surface area (Å²) in [6.45, 7) is 2.52. The van der Waals surface area contributed by atoms with Gasteiger partial charge in [-0.1, -0.05) is 18.2 Å². The number of nitrogens with zero attached hydrogens (tertiary/aromatic N) is 2. The van der Waals surface area contributed by atoms with Gasteiger partial charge in [0.2, 0.25) is 5.91 Å². The predicted octanol–water partition coefficient (Wildman–Crippen LogP) is 1.87. The molecule has 7 nitrogen and oxygen atoms in total.